The molecule has 0 atom stereocenters. The zero-order valence-electron chi connectivity index (χ0n) is 17.2. The number of benzene rings is 2. The molecule has 0 spiro atoms. The van der Waals surface area contributed by atoms with E-state index in [9.17, 15) is 13.2 Å². The normalized spacial score (nSPS) is 16.6. The lowest BCUT2D eigenvalue weighted by Gasteiger charge is -2.30. The molecule has 0 unspecified atom stereocenters. The van der Waals surface area contributed by atoms with E-state index in [1.165, 1.54) is 28.6 Å². The Morgan fingerprint density at radius 2 is 1.76 bits per heavy atom. The van der Waals surface area contributed by atoms with Gasteiger partial charge in [-0.05, 0) is 55.3 Å². The summed E-state index contributed by atoms with van der Waals surface area (Å²) in [5.41, 5.74) is 0.632. The average molecular weight is 491 g/mol. The number of nitrogens with zero attached hydrogens (tertiary/aromatic N) is 3. The first-order chi connectivity index (χ1) is 15.9. The van der Waals surface area contributed by atoms with E-state index in [2.05, 4.69) is 15.5 Å². The Morgan fingerprint density at radius 3 is 2.52 bits per heavy atom. The van der Waals surface area contributed by atoms with Gasteiger partial charge < -0.3 is 13.9 Å². The number of piperidine rings is 1. The highest BCUT2D eigenvalue weighted by Crippen LogP contribution is 2.36. The zero-order chi connectivity index (χ0) is 23.0. The summed E-state index contributed by atoms with van der Waals surface area (Å²) in [6, 6.07) is 11.2. The van der Waals surface area contributed by atoms with Gasteiger partial charge in [0.2, 0.25) is 28.6 Å². The second-order valence-electron chi connectivity index (χ2n) is 7.60. The van der Waals surface area contributed by atoms with Crippen molar-refractivity contribution < 1.29 is 27.1 Å². The first-order valence-corrected chi connectivity index (χ1v) is 12.0. The summed E-state index contributed by atoms with van der Waals surface area (Å²) in [6.07, 6.45) is 0.754. The topological polar surface area (TPSA) is 124 Å². The van der Waals surface area contributed by atoms with Gasteiger partial charge in [0, 0.05) is 29.6 Å². The molecular weight excluding hydrogens is 472 g/mol. The monoisotopic (exact) mass is 490 g/mol. The number of carbonyl (C=O) groups is 1. The number of ether oxygens (including phenoxy) is 2. The van der Waals surface area contributed by atoms with Crippen molar-refractivity contribution in [3.63, 3.8) is 0 Å². The van der Waals surface area contributed by atoms with Crippen molar-refractivity contribution in [3.05, 3.63) is 47.5 Å². The molecule has 172 valence electrons. The van der Waals surface area contributed by atoms with E-state index in [-0.39, 0.29) is 48.5 Å². The first-order valence-electron chi connectivity index (χ1n) is 10.2. The predicted molar refractivity (Wildman–Crippen MR) is 117 cm³/mol. The SMILES string of the molecule is O=C(Nc1nnc(-c2ccc3c(c2)OCO3)o1)C1CCN(S(=O)(=O)c2ccc(Cl)cc2)CC1. The number of amides is 1. The second kappa shape index (κ2) is 8.65. The van der Waals surface area contributed by atoms with Crippen LogP contribution in [0.2, 0.25) is 5.02 Å². The molecule has 0 bridgehead atoms. The van der Waals surface area contributed by atoms with Gasteiger partial charge >= 0.3 is 6.01 Å². The number of nitrogens with one attached hydrogen (secondary N) is 1. The first kappa shape index (κ1) is 21.7. The molecule has 1 amide bonds. The van der Waals surface area contributed by atoms with Crippen LogP contribution in [-0.2, 0) is 14.8 Å². The summed E-state index contributed by atoms with van der Waals surface area (Å²) < 4.78 is 43.2. The van der Waals surface area contributed by atoms with Crippen molar-refractivity contribution in [1.82, 2.24) is 14.5 Å². The third-order valence-corrected chi connectivity index (χ3v) is 7.72. The summed E-state index contributed by atoms with van der Waals surface area (Å²) in [5.74, 6) is 0.780. The van der Waals surface area contributed by atoms with Crippen LogP contribution in [0, 0.1) is 5.92 Å². The van der Waals surface area contributed by atoms with Gasteiger partial charge in [-0.1, -0.05) is 16.7 Å². The van der Waals surface area contributed by atoms with Gasteiger partial charge in [0.1, 0.15) is 0 Å². The Morgan fingerprint density at radius 1 is 1.03 bits per heavy atom. The van der Waals surface area contributed by atoms with E-state index < -0.39 is 10.0 Å². The maximum atomic E-state index is 12.8. The molecule has 2 aliphatic heterocycles. The Balaban J connectivity index is 1.19. The Kier molecular flexibility index (Phi) is 5.69. The van der Waals surface area contributed by atoms with Crippen molar-refractivity contribution >= 4 is 33.5 Å². The largest absolute Gasteiger partial charge is 0.454 e. The van der Waals surface area contributed by atoms with Crippen LogP contribution in [-0.4, -0.2) is 48.7 Å². The molecule has 12 heteroatoms. The third kappa shape index (κ3) is 4.39. The quantitative estimate of drug-likeness (QED) is 0.578. The van der Waals surface area contributed by atoms with Gasteiger partial charge in [-0.2, -0.15) is 4.31 Å². The smallest absolute Gasteiger partial charge is 0.322 e. The molecule has 10 nitrogen and oxygen atoms in total. The molecule has 33 heavy (non-hydrogen) atoms. The minimum atomic E-state index is -3.64. The minimum Gasteiger partial charge on any atom is -0.454 e. The van der Waals surface area contributed by atoms with Crippen LogP contribution < -0.4 is 14.8 Å². The minimum absolute atomic E-state index is 0.0242. The standard InChI is InChI=1S/C21H19ClN4O6S/c22-15-2-4-16(5-3-15)33(28,29)26-9-7-13(8-10-26)19(27)23-21-25-24-20(32-21)14-1-6-17-18(11-14)31-12-30-17/h1-6,11,13H,7-10,12H2,(H,23,25,27). The molecule has 0 radical (unpaired) electrons. The van der Waals surface area contributed by atoms with Crippen LogP contribution in [0.25, 0.3) is 11.5 Å². The van der Waals surface area contributed by atoms with Crippen LogP contribution in [0.1, 0.15) is 12.8 Å². The molecule has 5 rings (SSSR count). The lowest BCUT2D eigenvalue weighted by Crippen LogP contribution is -2.41. The summed E-state index contributed by atoms with van der Waals surface area (Å²) in [5, 5.41) is 10.9. The molecule has 0 saturated carbocycles. The van der Waals surface area contributed by atoms with Gasteiger partial charge in [-0.15, -0.1) is 5.10 Å². The summed E-state index contributed by atoms with van der Waals surface area (Å²) in [7, 11) is -3.64. The fraction of sp³-hybridized carbons (Fsp3) is 0.286. The molecule has 1 saturated heterocycles. The number of halogens is 1. The summed E-state index contributed by atoms with van der Waals surface area (Å²) in [4.78, 5) is 12.8. The zero-order valence-corrected chi connectivity index (χ0v) is 18.8. The van der Waals surface area contributed by atoms with Gasteiger partial charge in [-0.3, -0.25) is 10.1 Å². The molecule has 3 aromatic rings. The van der Waals surface area contributed by atoms with Crippen LogP contribution in [0.4, 0.5) is 6.01 Å². The molecule has 1 fully saturated rings. The highest BCUT2D eigenvalue weighted by molar-refractivity contribution is 7.89. The molecule has 3 heterocycles. The van der Waals surface area contributed by atoms with Crippen molar-refractivity contribution in [2.24, 2.45) is 5.92 Å². The fourth-order valence-electron chi connectivity index (χ4n) is 3.74. The van der Waals surface area contributed by atoms with Crippen LogP contribution in [0.15, 0.2) is 51.8 Å². The Hall–Kier alpha value is -3.15. The van der Waals surface area contributed by atoms with Crippen molar-refractivity contribution in [2.45, 2.75) is 17.7 Å². The van der Waals surface area contributed by atoms with Crippen molar-refractivity contribution in [1.29, 1.82) is 0 Å². The fourth-order valence-corrected chi connectivity index (χ4v) is 5.34. The molecule has 1 aromatic heterocycles. The number of hydrogen-bond acceptors (Lipinski definition) is 8. The molecular formula is C21H19ClN4O6S. The lowest BCUT2D eigenvalue weighted by atomic mass is 9.97. The van der Waals surface area contributed by atoms with Crippen molar-refractivity contribution in [2.75, 3.05) is 25.2 Å². The maximum Gasteiger partial charge on any atom is 0.322 e. The van der Waals surface area contributed by atoms with Crippen LogP contribution in [0.3, 0.4) is 0 Å². The van der Waals surface area contributed by atoms with Crippen molar-refractivity contribution in [3.8, 4) is 23.0 Å². The van der Waals surface area contributed by atoms with E-state index >= 15 is 0 Å². The number of anilines is 1. The molecule has 1 N–H and O–H groups in total. The molecule has 2 aliphatic rings. The van der Waals surface area contributed by atoms with Gasteiger partial charge in [-0.25, -0.2) is 8.42 Å². The molecule has 0 aliphatic carbocycles. The van der Waals surface area contributed by atoms with E-state index in [4.69, 9.17) is 25.5 Å². The summed E-state index contributed by atoms with van der Waals surface area (Å²) >= 11 is 5.85. The number of carbonyl (C=O) groups excluding carboxylic acids is 1. The predicted octanol–water partition coefficient (Wildman–Crippen LogP) is 3.16. The van der Waals surface area contributed by atoms with Crippen LogP contribution in [0.5, 0.6) is 11.5 Å². The number of rotatable bonds is 5. The number of sulfonamides is 1. The third-order valence-electron chi connectivity index (χ3n) is 5.55. The van der Waals surface area contributed by atoms with E-state index in [0.717, 1.165) is 0 Å². The number of hydrogen-bond donors (Lipinski definition) is 1. The average Bonchev–Trinajstić information content (AvgIpc) is 3.48. The second-order valence-corrected chi connectivity index (χ2v) is 9.98. The van der Waals surface area contributed by atoms with Gasteiger partial charge in [0.05, 0.1) is 4.90 Å². The van der Waals surface area contributed by atoms with E-state index in [1.807, 2.05) is 0 Å². The Bertz CT molecular complexity index is 1290. The van der Waals surface area contributed by atoms with E-state index in [0.29, 0.717) is 34.9 Å². The Labute approximate surface area is 194 Å². The summed E-state index contributed by atoms with van der Waals surface area (Å²) in [6.45, 7) is 0.619. The van der Waals surface area contributed by atoms with Crippen LogP contribution >= 0.6 is 11.6 Å². The lowest BCUT2D eigenvalue weighted by molar-refractivity contribution is -0.121. The number of fused-ring (bicyclic) bond motifs is 1. The van der Waals surface area contributed by atoms with E-state index in [1.54, 1.807) is 18.2 Å². The highest BCUT2D eigenvalue weighted by atomic mass is 35.5. The maximum absolute atomic E-state index is 12.8. The highest BCUT2D eigenvalue weighted by Gasteiger charge is 2.32. The molecule has 2 aromatic carbocycles. The van der Waals surface area contributed by atoms with Gasteiger partial charge in [0.25, 0.3) is 0 Å². The van der Waals surface area contributed by atoms with Gasteiger partial charge in [0.15, 0.2) is 11.5 Å². The number of aromatic nitrogens is 2.